The average molecular weight is 167 g/mol. The molecule has 0 aliphatic rings. The van der Waals surface area contributed by atoms with Crippen LogP contribution in [0.15, 0.2) is 0 Å². The minimum absolute atomic E-state index is 0. The molecule has 54 valence electrons. The maximum atomic E-state index is 9.45. The van der Waals surface area contributed by atoms with Crippen molar-refractivity contribution in [1.82, 2.24) is 0 Å². The quantitative estimate of drug-likeness (QED) is 0.435. The summed E-state index contributed by atoms with van der Waals surface area (Å²) in [7, 11) is 0. The predicted octanol–water partition coefficient (Wildman–Crippen LogP) is 0.290. The fraction of sp³-hybridized carbons (Fsp3) is 0.600. The number of aliphatic carboxylic acids is 1. The molecule has 0 rings (SSSR count). The molecule has 0 heterocycles. The van der Waals surface area contributed by atoms with E-state index in [2.05, 4.69) is 6.92 Å². The Hall–Kier alpha value is 0.144. The van der Waals surface area contributed by atoms with Crippen LogP contribution in [0.1, 0.15) is 13.8 Å². The topological polar surface area (TPSA) is 57.5 Å². The number of hydrogen-bond acceptors (Lipinski definition) is 2. The van der Waals surface area contributed by atoms with Crippen molar-refractivity contribution in [3.05, 3.63) is 6.92 Å². The average Bonchev–Trinajstić information content (AvgIpc) is 1.72. The summed E-state index contributed by atoms with van der Waals surface area (Å²) in [5.41, 5.74) is 0. The molecule has 0 amide bonds. The Morgan fingerprint density at radius 1 is 1.56 bits per heavy atom. The molecule has 3 nitrogen and oxygen atoms in total. The van der Waals surface area contributed by atoms with Crippen LogP contribution in [0, 0.1) is 6.92 Å². The maximum absolute atomic E-state index is 9.45. The first kappa shape index (κ1) is 16.1. The molecule has 0 aliphatic heterocycles. The number of rotatable bonds is 1. The van der Waals surface area contributed by atoms with Crippen molar-refractivity contribution >= 4 is 5.97 Å². The molecule has 0 spiro atoms. The molecule has 0 bridgehead atoms. The molecule has 1 atom stereocenters. The van der Waals surface area contributed by atoms with Gasteiger partial charge in [0.25, 0.3) is 0 Å². The van der Waals surface area contributed by atoms with Gasteiger partial charge in [-0.2, -0.15) is 6.92 Å². The Bertz CT molecular complexity index is 63.2. The molecule has 0 aromatic carbocycles. The fourth-order valence-electron chi connectivity index (χ4n) is 0. The molecular weight excluding hydrogens is 156 g/mol. The Morgan fingerprint density at radius 3 is 1.67 bits per heavy atom. The third-order valence-corrected chi connectivity index (χ3v) is 0.357. The molecule has 0 radical (unpaired) electrons. The molecule has 0 saturated carbocycles. The van der Waals surface area contributed by atoms with Gasteiger partial charge in [-0.3, -0.25) is 0 Å². The number of hydrogen-bond donors (Lipinski definition) is 2. The van der Waals surface area contributed by atoms with Gasteiger partial charge in [-0.05, 0) is 6.92 Å². The Balaban J connectivity index is -0.000000109. The second kappa shape index (κ2) is 11.0. The van der Waals surface area contributed by atoms with Crippen LogP contribution in [0.25, 0.3) is 0 Å². The van der Waals surface area contributed by atoms with E-state index in [-0.39, 0.29) is 21.7 Å². The molecule has 0 aromatic rings. The summed E-state index contributed by atoms with van der Waals surface area (Å²) in [6, 6.07) is 0. The van der Waals surface area contributed by atoms with Crippen LogP contribution < -0.4 is 0 Å². The minimum Gasteiger partial charge on any atom is -0.479 e. The first-order valence-corrected chi connectivity index (χ1v) is 2.26. The van der Waals surface area contributed by atoms with E-state index in [0.29, 0.717) is 0 Å². The van der Waals surface area contributed by atoms with Crippen molar-refractivity contribution in [1.29, 1.82) is 0 Å². The summed E-state index contributed by atoms with van der Waals surface area (Å²) in [6.45, 7) is 6.20. The normalized spacial score (nSPS) is 9.78. The number of aliphatic hydroxyl groups excluding tert-OH is 1. The van der Waals surface area contributed by atoms with E-state index >= 15 is 0 Å². The van der Waals surface area contributed by atoms with Gasteiger partial charge in [0.2, 0.25) is 0 Å². The molecule has 0 saturated heterocycles. The largest absolute Gasteiger partial charge is 0.479 e. The zero-order chi connectivity index (χ0) is 7.15. The van der Waals surface area contributed by atoms with E-state index in [0.717, 1.165) is 0 Å². The van der Waals surface area contributed by atoms with Crippen molar-refractivity contribution in [3.8, 4) is 0 Å². The fourth-order valence-corrected chi connectivity index (χ4v) is 0. The number of carboxylic acid groups (broad SMARTS) is 1. The summed E-state index contributed by atoms with van der Waals surface area (Å²) in [5.74, 6) is -1.19. The second-order valence-electron chi connectivity index (χ2n) is 1.01. The third-order valence-electron chi connectivity index (χ3n) is 0.357. The first-order chi connectivity index (χ1) is 3.64. The van der Waals surface area contributed by atoms with Gasteiger partial charge in [0.05, 0.1) is 0 Å². The molecule has 0 aliphatic carbocycles. The van der Waals surface area contributed by atoms with E-state index in [1.54, 1.807) is 6.92 Å². The number of aliphatic hydroxyl groups is 1. The smallest absolute Gasteiger partial charge is 0.332 e. The molecule has 9 heavy (non-hydrogen) atoms. The van der Waals surface area contributed by atoms with Gasteiger partial charge in [-0.25, -0.2) is 4.79 Å². The standard InChI is InChI=1S/C3H6O3.C2H5.Ti/c1-2(4)3(5)6;1-2;/h2,4H,1H3,(H,5,6);1H2,2H3;/q;-1;. The van der Waals surface area contributed by atoms with Crippen LogP contribution in [0.5, 0.6) is 0 Å². The summed E-state index contributed by atoms with van der Waals surface area (Å²) in [4.78, 5) is 9.45. The number of carboxylic acids is 1. The maximum Gasteiger partial charge on any atom is 0.332 e. The van der Waals surface area contributed by atoms with E-state index in [1.165, 1.54) is 6.92 Å². The van der Waals surface area contributed by atoms with Gasteiger partial charge in [0.15, 0.2) is 0 Å². The van der Waals surface area contributed by atoms with E-state index < -0.39 is 12.1 Å². The Labute approximate surface area is 70.0 Å². The van der Waals surface area contributed by atoms with Crippen LogP contribution in [-0.2, 0) is 26.5 Å². The predicted molar refractivity (Wildman–Crippen MR) is 30.3 cm³/mol. The molecule has 2 N–H and O–H groups in total. The van der Waals surface area contributed by atoms with Crippen LogP contribution in [0.4, 0.5) is 0 Å². The van der Waals surface area contributed by atoms with Crippen molar-refractivity contribution in [3.63, 3.8) is 0 Å². The monoisotopic (exact) mass is 167 g/mol. The van der Waals surface area contributed by atoms with Crippen LogP contribution in [0.3, 0.4) is 0 Å². The van der Waals surface area contributed by atoms with Crippen molar-refractivity contribution in [2.75, 3.05) is 0 Å². The van der Waals surface area contributed by atoms with Crippen molar-refractivity contribution in [2.45, 2.75) is 20.0 Å². The van der Waals surface area contributed by atoms with Gasteiger partial charge in [-0.1, -0.05) is 0 Å². The molecule has 1 unspecified atom stereocenters. The van der Waals surface area contributed by atoms with Crippen LogP contribution in [0.2, 0.25) is 0 Å². The van der Waals surface area contributed by atoms with E-state index in [4.69, 9.17) is 10.2 Å². The molecule has 0 aromatic heterocycles. The van der Waals surface area contributed by atoms with Crippen LogP contribution >= 0.6 is 0 Å². The van der Waals surface area contributed by atoms with Crippen molar-refractivity contribution < 1.29 is 36.7 Å². The van der Waals surface area contributed by atoms with Gasteiger partial charge < -0.3 is 17.1 Å². The summed E-state index contributed by atoms with van der Waals surface area (Å²) >= 11 is 0. The molecule has 0 fully saturated rings. The number of carbonyl (C=O) groups is 1. The first-order valence-electron chi connectivity index (χ1n) is 2.26. The zero-order valence-corrected chi connectivity index (χ0v) is 7.15. The van der Waals surface area contributed by atoms with E-state index in [9.17, 15) is 4.79 Å². The Kier molecular flexibility index (Phi) is 19.7. The van der Waals surface area contributed by atoms with Crippen molar-refractivity contribution in [2.24, 2.45) is 0 Å². The summed E-state index contributed by atoms with van der Waals surface area (Å²) in [5, 5.41) is 15.8. The third kappa shape index (κ3) is 17.9. The minimum atomic E-state index is -1.23. The summed E-state index contributed by atoms with van der Waals surface area (Å²) < 4.78 is 0. The SMILES string of the molecule is CC(O)C(=O)O.[CH2-]C.[Ti]. The Morgan fingerprint density at radius 2 is 1.67 bits per heavy atom. The second-order valence-corrected chi connectivity index (χ2v) is 1.01. The van der Waals surface area contributed by atoms with Gasteiger partial charge in [0.1, 0.15) is 6.10 Å². The molecule has 4 heteroatoms. The van der Waals surface area contributed by atoms with Gasteiger partial charge in [-0.15, -0.1) is 0 Å². The molecular formula is C5H11O3Ti-. The van der Waals surface area contributed by atoms with Crippen LogP contribution in [-0.4, -0.2) is 22.3 Å². The van der Waals surface area contributed by atoms with Gasteiger partial charge in [0, 0.05) is 21.7 Å². The zero-order valence-electron chi connectivity index (χ0n) is 5.59. The summed E-state index contributed by atoms with van der Waals surface area (Å²) in [6.07, 6.45) is -1.23. The van der Waals surface area contributed by atoms with E-state index in [1.807, 2.05) is 0 Å². The van der Waals surface area contributed by atoms with Gasteiger partial charge >= 0.3 is 5.97 Å².